The van der Waals surface area contributed by atoms with Crippen molar-refractivity contribution in [3.8, 4) is 0 Å². The minimum absolute atomic E-state index is 0.524. The molecule has 2 heterocycles. The van der Waals surface area contributed by atoms with Gasteiger partial charge in [-0.05, 0) is 25.8 Å². The number of piperazine rings is 1. The van der Waals surface area contributed by atoms with E-state index in [2.05, 4.69) is 22.1 Å². The van der Waals surface area contributed by atoms with E-state index in [-0.39, 0.29) is 0 Å². The molecule has 1 aliphatic heterocycles. The lowest BCUT2D eigenvalue weighted by Crippen LogP contribution is -2.50. The molecule has 1 saturated carbocycles. The molecule has 86 valence electrons. The van der Waals surface area contributed by atoms with E-state index in [0.717, 1.165) is 31.3 Å². The Kier molecular flexibility index (Phi) is 2.52. The van der Waals surface area contributed by atoms with Crippen LogP contribution in [0.4, 0.5) is 5.82 Å². The molecule has 1 atom stereocenters. The Morgan fingerprint density at radius 2 is 2.31 bits per heavy atom. The third kappa shape index (κ3) is 1.89. The van der Waals surface area contributed by atoms with Crippen molar-refractivity contribution in [2.45, 2.75) is 31.7 Å². The lowest BCUT2D eigenvalue weighted by atomic mass is 10.2. The van der Waals surface area contributed by atoms with Crippen LogP contribution in [0.1, 0.15) is 31.5 Å². The van der Waals surface area contributed by atoms with Crippen LogP contribution in [0.5, 0.6) is 0 Å². The molecule has 1 N–H and O–H groups in total. The first kappa shape index (κ1) is 10.0. The summed E-state index contributed by atoms with van der Waals surface area (Å²) < 4.78 is 0. The molecule has 3 rings (SSSR count). The number of hydrogen-bond acceptors (Lipinski definition) is 4. The Bertz CT molecular complexity index is 375. The quantitative estimate of drug-likeness (QED) is 0.808. The largest absolute Gasteiger partial charge is 0.351 e. The van der Waals surface area contributed by atoms with Crippen molar-refractivity contribution in [1.29, 1.82) is 0 Å². The lowest BCUT2D eigenvalue weighted by Gasteiger charge is -2.34. The molecule has 0 amide bonds. The van der Waals surface area contributed by atoms with Gasteiger partial charge >= 0.3 is 0 Å². The topological polar surface area (TPSA) is 41.0 Å². The second kappa shape index (κ2) is 4.01. The van der Waals surface area contributed by atoms with Gasteiger partial charge in [-0.25, -0.2) is 9.97 Å². The zero-order valence-corrected chi connectivity index (χ0v) is 9.69. The highest BCUT2D eigenvalue weighted by Crippen LogP contribution is 2.38. The summed E-state index contributed by atoms with van der Waals surface area (Å²) in [5.41, 5.74) is 0. The number of aromatic nitrogens is 2. The van der Waals surface area contributed by atoms with Gasteiger partial charge in [0.15, 0.2) is 0 Å². The molecule has 0 aromatic carbocycles. The molecule has 4 heteroatoms. The van der Waals surface area contributed by atoms with Crippen LogP contribution in [0.15, 0.2) is 12.3 Å². The van der Waals surface area contributed by atoms with E-state index in [9.17, 15) is 0 Å². The molecule has 0 spiro atoms. The molecule has 0 unspecified atom stereocenters. The van der Waals surface area contributed by atoms with Gasteiger partial charge < -0.3 is 10.2 Å². The van der Waals surface area contributed by atoms with Crippen molar-refractivity contribution in [3.05, 3.63) is 18.1 Å². The Labute approximate surface area is 96.1 Å². The molecule has 0 radical (unpaired) electrons. The van der Waals surface area contributed by atoms with E-state index in [1.807, 2.05) is 12.3 Å². The van der Waals surface area contributed by atoms with Crippen molar-refractivity contribution >= 4 is 5.82 Å². The minimum atomic E-state index is 0.524. The van der Waals surface area contributed by atoms with Gasteiger partial charge in [0.05, 0.1) is 0 Å². The highest BCUT2D eigenvalue weighted by Gasteiger charge is 2.27. The molecule has 2 aliphatic rings. The van der Waals surface area contributed by atoms with Crippen LogP contribution < -0.4 is 10.2 Å². The first-order valence-electron chi connectivity index (χ1n) is 6.15. The van der Waals surface area contributed by atoms with Gasteiger partial charge in [0.25, 0.3) is 0 Å². The summed E-state index contributed by atoms with van der Waals surface area (Å²) in [6.45, 7) is 5.38. The lowest BCUT2D eigenvalue weighted by molar-refractivity contribution is 0.496. The Hall–Kier alpha value is -1.16. The molecule has 1 saturated heterocycles. The predicted molar refractivity (Wildman–Crippen MR) is 63.7 cm³/mol. The third-order valence-corrected chi connectivity index (χ3v) is 3.40. The molecule has 1 aromatic rings. The molecule has 16 heavy (non-hydrogen) atoms. The Balaban J connectivity index is 1.83. The molecule has 0 bridgehead atoms. The predicted octanol–water partition coefficient (Wildman–Crippen LogP) is 1.15. The van der Waals surface area contributed by atoms with E-state index >= 15 is 0 Å². The number of anilines is 1. The van der Waals surface area contributed by atoms with Crippen molar-refractivity contribution in [2.24, 2.45) is 0 Å². The van der Waals surface area contributed by atoms with E-state index in [4.69, 9.17) is 4.98 Å². The molecule has 1 aliphatic carbocycles. The van der Waals surface area contributed by atoms with Crippen molar-refractivity contribution < 1.29 is 0 Å². The van der Waals surface area contributed by atoms with Gasteiger partial charge in [0.1, 0.15) is 11.6 Å². The maximum absolute atomic E-state index is 4.70. The van der Waals surface area contributed by atoms with Crippen LogP contribution in [0.3, 0.4) is 0 Å². The summed E-state index contributed by atoms with van der Waals surface area (Å²) in [6.07, 6.45) is 4.44. The third-order valence-electron chi connectivity index (χ3n) is 3.40. The molecule has 2 fully saturated rings. The standard InChI is InChI=1S/C12H18N4/c1-9-8-13-6-7-16(9)11-4-5-14-12(15-11)10-2-3-10/h4-5,9-10,13H,2-3,6-8H2,1H3/t9-/m1/s1. The van der Waals surface area contributed by atoms with Crippen LogP contribution in [0.2, 0.25) is 0 Å². The fourth-order valence-electron chi connectivity index (χ4n) is 2.24. The van der Waals surface area contributed by atoms with Gasteiger partial charge in [0.2, 0.25) is 0 Å². The fraction of sp³-hybridized carbons (Fsp3) is 0.667. The smallest absolute Gasteiger partial charge is 0.133 e. The van der Waals surface area contributed by atoms with Crippen LogP contribution >= 0.6 is 0 Å². The summed E-state index contributed by atoms with van der Waals surface area (Å²) in [7, 11) is 0. The van der Waals surface area contributed by atoms with Crippen molar-refractivity contribution in [2.75, 3.05) is 24.5 Å². The summed E-state index contributed by atoms with van der Waals surface area (Å²) >= 11 is 0. The maximum atomic E-state index is 4.70. The van der Waals surface area contributed by atoms with Gasteiger partial charge in [-0.1, -0.05) is 0 Å². The summed E-state index contributed by atoms with van der Waals surface area (Å²) in [6, 6.07) is 2.56. The molecular weight excluding hydrogens is 200 g/mol. The SMILES string of the molecule is C[C@@H]1CNCCN1c1ccnc(C2CC2)n1. The molecule has 1 aromatic heterocycles. The van der Waals surface area contributed by atoms with Gasteiger partial charge in [-0.2, -0.15) is 0 Å². The zero-order chi connectivity index (χ0) is 11.0. The second-order valence-electron chi connectivity index (χ2n) is 4.79. The Morgan fingerprint density at radius 3 is 3.06 bits per heavy atom. The van der Waals surface area contributed by atoms with Crippen LogP contribution in [-0.4, -0.2) is 35.6 Å². The summed E-state index contributed by atoms with van der Waals surface area (Å²) in [5, 5.41) is 3.40. The number of rotatable bonds is 2. The second-order valence-corrected chi connectivity index (χ2v) is 4.79. The van der Waals surface area contributed by atoms with E-state index in [1.54, 1.807) is 0 Å². The first-order valence-corrected chi connectivity index (χ1v) is 6.15. The monoisotopic (exact) mass is 218 g/mol. The highest BCUT2D eigenvalue weighted by atomic mass is 15.3. The van der Waals surface area contributed by atoms with Gasteiger partial charge in [0, 0.05) is 37.8 Å². The van der Waals surface area contributed by atoms with Gasteiger partial charge in [-0.3, -0.25) is 0 Å². The number of nitrogens with zero attached hydrogens (tertiary/aromatic N) is 3. The van der Waals surface area contributed by atoms with E-state index < -0.39 is 0 Å². The van der Waals surface area contributed by atoms with Gasteiger partial charge in [-0.15, -0.1) is 0 Å². The minimum Gasteiger partial charge on any atom is -0.351 e. The number of nitrogens with one attached hydrogen (secondary N) is 1. The van der Waals surface area contributed by atoms with E-state index in [0.29, 0.717) is 12.0 Å². The zero-order valence-electron chi connectivity index (χ0n) is 9.69. The normalized spacial score (nSPS) is 25.8. The van der Waals surface area contributed by atoms with Crippen LogP contribution in [0.25, 0.3) is 0 Å². The fourth-order valence-corrected chi connectivity index (χ4v) is 2.24. The molecule has 4 nitrogen and oxygen atoms in total. The van der Waals surface area contributed by atoms with Crippen molar-refractivity contribution in [1.82, 2.24) is 15.3 Å². The van der Waals surface area contributed by atoms with Crippen LogP contribution in [-0.2, 0) is 0 Å². The average Bonchev–Trinajstić information content (AvgIpc) is 3.14. The first-order chi connectivity index (χ1) is 7.84. The number of hydrogen-bond donors (Lipinski definition) is 1. The summed E-state index contributed by atoms with van der Waals surface area (Å²) in [5.74, 6) is 2.78. The van der Waals surface area contributed by atoms with E-state index in [1.165, 1.54) is 12.8 Å². The maximum Gasteiger partial charge on any atom is 0.133 e. The van der Waals surface area contributed by atoms with Crippen molar-refractivity contribution in [3.63, 3.8) is 0 Å². The average molecular weight is 218 g/mol. The van der Waals surface area contributed by atoms with Crippen LogP contribution in [0, 0.1) is 0 Å². The highest BCUT2D eigenvalue weighted by molar-refractivity contribution is 5.40. The molecular formula is C12H18N4. The Morgan fingerprint density at radius 1 is 1.44 bits per heavy atom. The summed E-state index contributed by atoms with van der Waals surface area (Å²) in [4.78, 5) is 11.4.